The minimum absolute atomic E-state index is 0.0253. The topological polar surface area (TPSA) is 225 Å². The monoisotopic (exact) mass is 779 g/mol. The first kappa shape index (κ1) is 37.1. The maximum absolute atomic E-state index is 12.9. The first-order valence-corrected chi connectivity index (χ1v) is 17.9. The highest BCUT2D eigenvalue weighted by Gasteiger charge is 2.31. The van der Waals surface area contributed by atoms with Crippen LogP contribution < -0.4 is 27.8 Å². The number of carbonyl (C=O) groups excluding carboxylic acids is 1. The van der Waals surface area contributed by atoms with Gasteiger partial charge in [0.15, 0.2) is 11.3 Å². The number of carbonyl (C=O) groups is 1. The molecule has 6 heterocycles. The number of alkyl halides is 3. The third-order valence-electron chi connectivity index (χ3n) is 9.59. The molecule has 57 heavy (non-hydrogen) atoms. The largest absolute Gasteiger partial charge is 0.416 e. The SMILES string of the molecule is Nc1ccc(-c2nn([C@H]3CCOC3)c3ncnc(N)c23)cc1.Nc1ncnc2c1c(-c1ccc(NC(=O)Nc3cccc(C(F)(F)F)c3)cc1)nn2[C@H]1CCOC1. The molecular weight excluding hydrogens is 744 g/mol. The van der Waals surface area contributed by atoms with Gasteiger partial charge in [-0.2, -0.15) is 23.4 Å². The molecule has 3 aromatic carbocycles. The number of rotatable bonds is 6. The maximum atomic E-state index is 12.9. The van der Waals surface area contributed by atoms with Crippen LogP contribution in [0, 0.1) is 0 Å². The number of fused-ring (bicyclic) bond motifs is 2. The van der Waals surface area contributed by atoms with Gasteiger partial charge in [-0.1, -0.05) is 30.3 Å². The Hall–Kier alpha value is -6.86. The Balaban J connectivity index is 0.000000177. The molecule has 4 aromatic heterocycles. The van der Waals surface area contributed by atoms with Crippen molar-refractivity contribution in [2.24, 2.45) is 0 Å². The molecule has 9 rings (SSSR count). The van der Waals surface area contributed by atoms with E-state index in [0.29, 0.717) is 59.6 Å². The predicted molar refractivity (Wildman–Crippen MR) is 208 cm³/mol. The summed E-state index contributed by atoms with van der Waals surface area (Å²) in [6, 6.07) is 18.3. The van der Waals surface area contributed by atoms with E-state index in [2.05, 4.69) is 30.6 Å². The predicted octanol–water partition coefficient (Wildman–Crippen LogP) is 6.32. The number of ether oxygens (including phenoxy) is 2. The van der Waals surface area contributed by atoms with Gasteiger partial charge in [-0.05, 0) is 55.3 Å². The Morgan fingerprint density at radius 1 is 0.684 bits per heavy atom. The number of anilines is 5. The Kier molecular flexibility index (Phi) is 9.98. The van der Waals surface area contributed by atoms with E-state index in [1.54, 1.807) is 24.3 Å². The molecule has 0 unspecified atom stereocenters. The molecule has 16 nitrogen and oxygen atoms in total. The molecule has 0 spiro atoms. The Morgan fingerprint density at radius 2 is 1.19 bits per heavy atom. The highest BCUT2D eigenvalue weighted by molar-refractivity contribution is 6.01. The van der Waals surface area contributed by atoms with Crippen LogP contribution in [0.2, 0.25) is 0 Å². The van der Waals surface area contributed by atoms with Crippen molar-refractivity contribution < 1.29 is 27.4 Å². The average molecular weight is 780 g/mol. The van der Waals surface area contributed by atoms with Crippen LogP contribution in [0.5, 0.6) is 0 Å². The van der Waals surface area contributed by atoms with Gasteiger partial charge in [-0.15, -0.1) is 0 Å². The lowest BCUT2D eigenvalue weighted by atomic mass is 10.1. The summed E-state index contributed by atoms with van der Waals surface area (Å²) in [7, 11) is 0. The quantitative estimate of drug-likeness (QED) is 0.117. The first-order chi connectivity index (χ1) is 27.5. The van der Waals surface area contributed by atoms with Gasteiger partial charge in [0.25, 0.3) is 0 Å². The second-order valence-electron chi connectivity index (χ2n) is 13.4. The van der Waals surface area contributed by atoms with E-state index in [-0.39, 0.29) is 17.8 Å². The smallest absolute Gasteiger partial charge is 0.399 e. The summed E-state index contributed by atoms with van der Waals surface area (Å²) in [6.45, 7) is 2.56. The van der Waals surface area contributed by atoms with Gasteiger partial charge in [0.2, 0.25) is 0 Å². The molecule has 292 valence electrons. The van der Waals surface area contributed by atoms with Gasteiger partial charge in [-0.25, -0.2) is 34.1 Å². The average Bonchev–Trinajstić information content (AvgIpc) is 4.03. The third-order valence-corrected chi connectivity index (χ3v) is 9.59. The number of urea groups is 1. The van der Waals surface area contributed by atoms with Crippen LogP contribution in [0.15, 0.2) is 85.5 Å². The number of benzene rings is 3. The molecule has 2 aliphatic rings. The lowest BCUT2D eigenvalue weighted by molar-refractivity contribution is -0.137. The van der Waals surface area contributed by atoms with E-state index in [0.717, 1.165) is 59.4 Å². The third kappa shape index (κ3) is 7.69. The molecule has 7 aromatic rings. The van der Waals surface area contributed by atoms with Crippen LogP contribution in [0.1, 0.15) is 30.5 Å². The van der Waals surface area contributed by atoms with E-state index < -0.39 is 17.8 Å². The van der Waals surface area contributed by atoms with Crippen molar-refractivity contribution in [1.82, 2.24) is 39.5 Å². The van der Waals surface area contributed by atoms with Crippen LogP contribution in [0.25, 0.3) is 44.6 Å². The lowest BCUT2D eigenvalue weighted by Crippen LogP contribution is -2.19. The summed E-state index contributed by atoms with van der Waals surface area (Å²) in [6.07, 6.45) is 0.0934. The molecule has 0 radical (unpaired) electrons. The van der Waals surface area contributed by atoms with Gasteiger partial charge >= 0.3 is 12.2 Å². The van der Waals surface area contributed by atoms with Crippen molar-refractivity contribution in [2.75, 3.05) is 54.3 Å². The molecular formula is C38H36F3N13O3. The zero-order valence-corrected chi connectivity index (χ0v) is 30.1. The molecule has 2 amide bonds. The van der Waals surface area contributed by atoms with E-state index in [4.69, 9.17) is 36.9 Å². The molecule has 19 heteroatoms. The Labute approximate surface area is 322 Å². The minimum Gasteiger partial charge on any atom is -0.399 e. The number of amides is 2. The molecule has 8 N–H and O–H groups in total. The fourth-order valence-electron chi connectivity index (χ4n) is 6.75. The van der Waals surface area contributed by atoms with E-state index in [9.17, 15) is 18.0 Å². The number of nitrogens with two attached hydrogens (primary N) is 3. The minimum atomic E-state index is -4.50. The summed E-state index contributed by atoms with van der Waals surface area (Å²) < 4.78 is 53.3. The van der Waals surface area contributed by atoms with Crippen molar-refractivity contribution in [3.63, 3.8) is 0 Å². The molecule has 0 aliphatic carbocycles. The first-order valence-electron chi connectivity index (χ1n) is 17.9. The fraction of sp³-hybridized carbons (Fsp3) is 0.237. The normalized spacial score (nSPS) is 16.8. The Bertz CT molecular complexity index is 2550. The van der Waals surface area contributed by atoms with Gasteiger partial charge < -0.3 is 37.3 Å². The van der Waals surface area contributed by atoms with Gasteiger partial charge in [0.1, 0.15) is 35.7 Å². The number of hydrogen-bond acceptors (Lipinski definition) is 12. The number of aromatic nitrogens is 8. The van der Waals surface area contributed by atoms with E-state index in [1.807, 2.05) is 33.6 Å². The molecule has 0 saturated carbocycles. The zero-order valence-electron chi connectivity index (χ0n) is 30.1. The summed E-state index contributed by atoms with van der Waals surface area (Å²) in [4.78, 5) is 29.3. The van der Waals surface area contributed by atoms with Crippen molar-refractivity contribution in [3.05, 3.63) is 91.0 Å². The van der Waals surface area contributed by atoms with Gasteiger partial charge in [-0.3, -0.25) is 0 Å². The van der Waals surface area contributed by atoms with Crippen molar-refractivity contribution >= 4 is 56.8 Å². The second kappa shape index (κ2) is 15.3. The van der Waals surface area contributed by atoms with Gasteiger partial charge in [0, 0.05) is 41.4 Å². The number of nitrogen functional groups attached to an aromatic ring is 3. The number of nitrogens with zero attached hydrogens (tertiary/aromatic N) is 8. The van der Waals surface area contributed by atoms with E-state index >= 15 is 0 Å². The molecule has 2 atom stereocenters. The highest BCUT2D eigenvalue weighted by Crippen LogP contribution is 2.36. The molecule has 2 saturated heterocycles. The molecule has 2 aliphatic heterocycles. The maximum Gasteiger partial charge on any atom is 0.416 e. The van der Waals surface area contributed by atoms with Crippen molar-refractivity contribution in [1.29, 1.82) is 0 Å². The van der Waals surface area contributed by atoms with Crippen LogP contribution in [0.4, 0.5) is 46.7 Å². The second-order valence-corrected chi connectivity index (χ2v) is 13.4. The fourth-order valence-corrected chi connectivity index (χ4v) is 6.75. The van der Waals surface area contributed by atoms with Crippen LogP contribution in [-0.2, 0) is 15.7 Å². The summed E-state index contributed by atoms with van der Waals surface area (Å²) >= 11 is 0. The number of halogens is 3. The van der Waals surface area contributed by atoms with E-state index in [1.165, 1.54) is 24.8 Å². The summed E-state index contributed by atoms with van der Waals surface area (Å²) in [5.74, 6) is 0.736. The lowest BCUT2D eigenvalue weighted by Gasteiger charge is -2.11. The summed E-state index contributed by atoms with van der Waals surface area (Å²) in [5, 5.41) is 15.9. The Morgan fingerprint density at radius 3 is 1.68 bits per heavy atom. The highest BCUT2D eigenvalue weighted by atomic mass is 19.4. The van der Waals surface area contributed by atoms with Gasteiger partial charge in [0.05, 0.1) is 41.6 Å². The number of hydrogen-bond donors (Lipinski definition) is 5. The van der Waals surface area contributed by atoms with Crippen LogP contribution >= 0.6 is 0 Å². The van der Waals surface area contributed by atoms with Crippen molar-refractivity contribution in [2.45, 2.75) is 31.1 Å². The number of nitrogens with one attached hydrogen (secondary N) is 2. The molecule has 2 fully saturated rings. The summed E-state index contributed by atoms with van der Waals surface area (Å²) in [5.41, 5.74) is 22.7. The van der Waals surface area contributed by atoms with Crippen molar-refractivity contribution in [3.8, 4) is 22.5 Å². The standard InChI is InChI=1S/C23H20F3N7O2.C15H16N6O/c24-23(25,26)14-2-1-3-16(10-14)31-22(34)30-15-6-4-13(5-7-15)19-18-20(27)28-12-29-21(18)33(32-19)17-8-9-35-11-17;16-10-3-1-9(2-4-10)13-12-14(17)18-8-19-15(12)21(20-13)11-5-6-22-7-11/h1-7,10,12,17H,8-9,11H2,(H2,27,28,29)(H2,30,31,34);1-4,8,11H,5-7,16H2,(H2,17,18,19)/t17-;11-/m00/s1. The zero-order chi connectivity index (χ0) is 39.7. The van der Waals surface area contributed by atoms with Crippen LogP contribution in [-0.4, -0.2) is 72.0 Å². The molecule has 0 bridgehead atoms. The van der Waals surface area contributed by atoms with Crippen LogP contribution in [0.3, 0.4) is 0 Å².